The van der Waals surface area contributed by atoms with Gasteiger partial charge >= 0.3 is 0 Å². The van der Waals surface area contributed by atoms with Crippen molar-refractivity contribution < 1.29 is 0 Å². The van der Waals surface area contributed by atoms with E-state index in [0.717, 1.165) is 6.42 Å². The smallest absolute Gasteiger partial charge is 0.0455 e. The highest BCUT2D eigenvalue weighted by molar-refractivity contribution is 5.51. The van der Waals surface area contributed by atoms with Gasteiger partial charge in [-0.25, -0.2) is 0 Å². The molecular formula is C11H13N. The lowest BCUT2D eigenvalue weighted by Crippen LogP contribution is -1.93. The summed E-state index contributed by atoms with van der Waals surface area (Å²) in [6, 6.07) is 8.69. The fourth-order valence-corrected chi connectivity index (χ4v) is 1.65. The van der Waals surface area contributed by atoms with E-state index in [1.54, 1.807) is 0 Å². The maximum absolute atomic E-state index is 2.24. The first kappa shape index (κ1) is 7.41. The van der Waals surface area contributed by atoms with Crippen LogP contribution in [0.2, 0.25) is 0 Å². The van der Waals surface area contributed by atoms with Crippen LogP contribution in [0.4, 0.5) is 0 Å². The van der Waals surface area contributed by atoms with Gasteiger partial charge in [0, 0.05) is 17.4 Å². The van der Waals surface area contributed by atoms with Crippen LogP contribution < -0.4 is 0 Å². The molecule has 0 N–H and O–H groups in total. The van der Waals surface area contributed by atoms with Crippen LogP contribution >= 0.6 is 0 Å². The van der Waals surface area contributed by atoms with Gasteiger partial charge in [-0.1, -0.05) is 6.92 Å². The summed E-state index contributed by atoms with van der Waals surface area (Å²) >= 11 is 0. The maximum Gasteiger partial charge on any atom is 0.0455 e. The molecule has 1 nitrogen and oxygen atoms in total. The number of rotatable bonds is 1. The molecule has 2 heterocycles. The van der Waals surface area contributed by atoms with Gasteiger partial charge in [0.15, 0.2) is 0 Å². The summed E-state index contributed by atoms with van der Waals surface area (Å²) in [5.74, 6) is 0. The maximum atomic E-state index is 2.24. The van der Waals surface area contributed by atoms with Crippen molar-refractivity contribution in [2.45, 2.75) is 20.3 Å². The van der Waals surface area contributed by atoms with Crippen molar-refractivity contribution in [3.63, 3.8) is 0 Å². The Kier molecular flexibility index (Phi) is 1.65. The number of hydrogen-bond acceptors (Lipinski definition) is 0. The summed E-state index contributed by atoms with van der Waals surface area (Å²) in [6.07, 6.45) is 3.21. The van der Waals surface area contributed by atoms with Gasteiger partial charge in [0.1, 0.15) is 0 Å². The fourth-order valence-electron chi connectivity index (χ4n) is 1.65. The minimum atomic E-state index is 1.09. The lowest BCUT2D eigenvalue weighted by Gasteiger charge is -2.04. The molecule has 2 aromatic heterocycles. The molecule has 0 aromatic carbocycles. The zero-order valence-electron chi connectivity index (χ0n) is 7.54. The van der Waals surface area contributed by atoms with Crippen LogP contribution in [0.15, 0.2) is 30.5 Å². The average Bonchev–Trinajstić information content (AvgIpc) is 2.50. The Morgan fingerprint density at radius 3 is 2.92 bits per heavy atom. The van der Waals surface area contributed by atoms with Gasteiger partial charge in [0.2, 0.25) is 0 Å². The Labute approximate surface area is 72.6 Å². The van der Waals surface area contributed by atoms with E-state index in [1.807, 2.05) is 0 Å². The number of nitrogens with zero attached hydrogens (tertiary/aromatic N) is 1. The highest BCUT2D eigenvalue weighted by Gasteiger charge is 1.98. The van der Waals surface area contributed by atoms with E-state index < -0.39 is 0 Å². The van der Waals surface area contributed by atoms with E-state index in [1.165, 1.54) is 16.8 Å². The first-order valence-electron chi connectivity index (χ1n) is 4.38. The molecule has 62 valence electrons. The zero-order valence-corrected chi connectivity index (χ0v) is 7.54. The van der Waals surface area contributed by atoms with Crippen molar-refractivity contribution in [2.75, 3.05) is 0 Å². The van der Waals surface area contributed by atoms with Crippen molar-refractivity contribution in [3.8, 4) is 0 Å². The molecule has 0 saturated carbocycles. The second-order valence-corrected chi connectivity index (χ2v) is 3.18. The van der Waals surface area contributed by atoms with E-state index in [9.17, 15) is 0 Å². The van der Waals surface area contributed by atoms with E-state index in [-0.39, 0.29) is 0 Å². The molecule has 0 unspecified atom stereocenters. The third-order valence-electron chi connectivity index (χ3n) is 2.22. The molecule has 0 aliphatic heterocycles. The summed E-state index contributed by atoms with van der Waals surface area (Å²) in [4.78, 5) is 0. The van der Waals surface area contributed by atoms with Gasteiger partial charge < -0.3 is 4.40 Å². The summed E-state index contributed by atoms with van der Waals surface area (Å²) < 4.78 is 2.24. The summed E-state index contributed by atoms with van der Waals surface area (Å²) in [5, 5.41) is 0. The van der Waals surface area contributed by atoms with E-state index >= 15 is 0 Å². The van der Waals surface area contributed by atoms with Gasteiger partial charge in [0.05, 0.1) is 0 Å². The Bertz CT molecular complexity index is 398. The van der Waals surface area contributed by atoms with Crippen molar-refractivity contribution in [3.05, 3.63) is 41.7 Å². The topological polar surface area (TPSA) is 4.41 Å². The van der Waals surface area contributed by atoms with Crippen LogP contribution in [0.25, 0.3) is 5.52 Å². The van der Waals surface area contributed by atoms with Gasteiger partial charge in [-0.2, -0.15) is 0 Å². The number of hydrogen-bond donors (Lipinski definition) is 0. The second-order valence-electron chi connectivity index (χ2n) is 3.18. The first-order valence-corrected chi connectivity index (χ1v) is 4.38. The molecule has 0 atom stereocenters. The number of fused-ring (bicyclic) bond motifs is 1. The van der Waals surface area contributed by atoms with Crippen molar-refractivity contribution in [2.24, 2.45) is 0 Å². The third kappa shape index (κ3) is 1.02. The third-order valence-corrected chi connectivity index (χ3v) is 2.22. The normalized spacial score (nSPS) is 10.8. The average molecular weight is 159 g/mol. The minimum Gasteiger partial charge on any atom is -0.321 e. The van der Waals surface area contributed by atoms with Gasteiger partial charge in [-0.05, 0) is 43.2 Å². The fraction of sp³-hybridized carbons (Fsp3) is 0.273. The van der Waals surface area contributed by atoms with Crippen LogP contribution in [-0.2, 0) is 6.42 Å². The predicted molar refractivity (Wildman–Crippen MR) is 51.5 cm³/mol. The van der Waals surface area contributed by atoms with Gasteiger partial charge in [-0.15, -0.1) is 0 Å². The van der Waals surface area contributed by atoms with Crippen LogP contribution in [0.5, 0.6) is 0 Å². The molecule has 0 saturated heterocycles. The SMILES string of the molecule is CCc1cc(C)cc2cccn12. The number of aromatic nitrogens is 1. The molecule has 0 bridgehead atoms. The van der Waals surface area contributed by atoms with Crippen LogP contribution in [0.3, 0.4) is 0 Å². The largest absolute Gasteiger partial charge is 0.321 e. The highest BCUT2D eigenvalue weighted by atomic mass is 14.9. The highest BCUT2D eigenvalue weighted by Crippen LogP contribution is 2.12. The first-order chi connectivity index (χ1) is 5.81. The quantitative estimate of drug-likeness (QED) is 0.602. The molecule has 2 rings (SSSR count). The summed E-state index contributed by atoms with van der Waals surface area (Å²) in [6.45, 7) is 4.33. The summed E-state index contributed by atoms with van der Waals surface area (Å²) in [5.41, 5.74) is 4.03. The minimum absolute atomic E-state index is 1.09. The molecule has 2 aromatic rings. The predicted octanol–water partition coefficient (Wildman–Crippen LogP) is 2.81. The second kappa shape index (κ2) is 2.67. The molecular weight excluding hydrogens is 146 g/mol. The Hall–Kier alpha value is -1.24. The van der Waals surface area contributed by atoms with Crippen LogP contribution in [-0.4, -0.2) is 4.40 Å². The van der Waals surface area contributed by atoms with Gasteiger partial charge in [0.25, 0.3) is 0 Å². The lowest BCUT2D eigenvalue weighted by atomic mass is 10.2. The Balaban J connectivity index is 2.80. The molecule has 0 fully saturated rings. The van der Waals surface area contributed by atoms with Crippen LogP contribution in [0, 0.1) is 6.92 Å². The molecule has 0 spiro atoms. The summed E-state index contributed by atoms with van der Waals surface area (Å²) in [7, 11) is 0. The van der Waals surface area contributed by atoms with Crippen LogP contribution in [0.1, 0.15) is 18.2 Å². The van der Waals surface area contributed by atoms with Crippen molar-refractivity contribution in [1.82, 2.24) is 4.40 Å². The van der Waals surface area contributed by atoms with Crippen molar-refractivity contribution >= 4 is 5.52 Å². The Morgan fingerprint density at radius 1 is 1.33 bits per heavy atom. The molecule has 0 amide bonds. The molecule has 0 aliphatic carbocycles. The monoisotopic (exact) mass is 159 g/mol. The van der Waals surface area contributed by atoms with Gasteiger partial charge in [-0.3, -0.25) is 0 Å². The standard InChI is InChI=1S/C11H13N/c1-3-10-7-9(2)8-11-5-4-6-12(10)11/h4-8H,3H2,1-2H3. The number of pyridine rings is 1. The molecule has 0 radical (unpaired) electrons. The molecule has 1 heteroatoms. The zero-order chi connectivity index (χ0) is 8.55. The van der Waals surface area contributed by atoms with Crippen molar-refractivity contribution in [1.29, 1.82) is 0 Å². The molecule has 12 heavy (non-hydrogen) atoms. The van der Waals surface area contributed by atoms with E-state index in [2.05, 4.69) is 48.7 Å². The Morgan fingerprint density at radius 2 is 2.17 bits per heavy atom. The molecule has 0 aliphatic rings. The van der Waals surface area contributed by atoms with E-state index in [4.69, 9.17) is 0 Å². The van der Waals surface area contributed by atoms with E-state index in [0.29, 0.717) is 0 Å². The number of aryl methyl sites for hydroxylation is 2. The lowest BCUT2D eigenvalue weighted by molar-refractivity contribution is 0.977.